The van der Waals surface area contributed by atoms with Gasteiger partial charge in [-0.15, -0.1) is 0 Å². The van der Waals surface area contributed by atoms with E-state index in [-0.39, 0.29) is 23.4 Å². The lowest BCUT2D eigenvalue weighted by Crippen LogP contribution is -2.47. The Balaban J connectivity index is 1.35. The lowest BCUT2D eigenvalue weighted by molar-refractivity contribution is 0.0919. The van der Waals surface area contributed by atoms with Crippen LogP contribution in [0.1, 0.15) is 23.2 Å². The van der Waals surface area contributed by atoms with Gasteiger partial charge >= 0.3 is 6.03 Å². The van der Waals surface area contributed by atoms with Crippen LogP contribution in [-0.2, 0) is 0 Å². The van der Waals surface area contributed by atoms with Gasteiger partial charge in [0, 0.05) is 24.7 Å². The molecule has 3 aromatic rings. The molecule has 1 fully saturated rings. The van der Waals surface area contributed by atoms with Gasteiger partial charge in [0.15, 0.2) is 11.6 Å². The van der Waals surface area contributed by atoms with Crippen LogP contribution in [0.15, 0.2) is 78.9 Å². The average Bonchev–Trinajstić information content (AvgIpc) is 2.83. The minimum Gasteiger partial charge on any atom is -0.455 e. The van der Waals surface area contributed by atoms with E-state index in [9.17, 15) is 14.0 Å². The molecule has 164 valence electrons. The fourth-order valence-corrected chi connectivity index (χ4v) is 3.60. The number of hydrogen-bond acceptors (Lipinski definition) is 3. The van der Waals surface area contributed by atoms with E-state index in [0.717, 1.165) is 0 Å². The number of urea groups is 1. The fraction of sp³-hybridized carbons (Fsp3) is 0.200. The highest BCUT2D eigenvalue weighted by molar-refractivity contribution is 5.94. The molecule has 0 radical (unpaired) electrons. The van der Waals surface area contributed by atoms with Crippen molar-refractivity contribution in [3.8, 4) is 11.5 Å². The van der Waals surface area contributed by atoms with Gasteiger partial charge in [0.1, 0.15) is 11.4 Å². The highest BCUT2D eigenvalue weighted by Crippen LogP contribution is 2.32. The zero-order valence-electron chi connectivity index (χ0n) is 17.5. The molecule has 1 aliphatic rings. The Morgan fingerprint density at radius 1 is 0.875 bits per heavy atom. The first kappa shape index (κ1) is 21.4. The van der Waals surface area contributed by atoms with Crippen molar-refractivity contribution in [2.45, 2.75) is 18.9 Å². The monoisotopic (exact) mass is 433 g/mol. The number of piperidine rings is 1. The number of ether oxygens (including phenoxy) is 1. The smallest absolute Gasteiger partial charge is 0.322 e. The molecular formula is C25H24FN3O3. The van der Waals surface area contributed by atoms with E-state index >= 15 is 0 Å². The van der Waals surface area contributed by atoms with Gasteiger partial charge in [-0.3, -0.25) is 4.79 Å². The minimum atomic E-state index is -0.572. The van der Waals surface area contributed by atoms with Crippen LogP contribution in [0, 0.1) is 5.82 Å². The first-order valence-corrected chi connectivity index (χ1v) is 10.5. The molecular weight excluding hydrogens is 409 g/mol. The zero-order valence-corrected chi connectivity index (χ0v) is 17.5. The molecule has 0 bridgehead atoms. The third-order valence-corrected chi connectivity index (χ3v) is 5.33. The van der Waals surface area contributed by atoms with Gasteiger partial charge in [-0.05, 0) is 49.2 Å². The molecule has 3 aromatic carbocycles. The molecule has 32 heavy (non-hydrogen) atoms. The Morgan fingerprint density at radius 3 is 2.22 bits per heavy atom. The molecule has 1 saturated heterocycles. The van der Waals surface area contributed by atoms with E-state index in [4.69, 9.17) is 4.74 Å². The first-order valence-electron chi connectivity index (χ1n) is 10.5. The summed E-state index contributed by atoms with van der Waals surface area (Å²) in [5, 5.41) is 5.66. The summed E-state index contributed by atoms with van der Waals surface area (Å²) in [5.74, 6) is 0.0810. The number of amides is 3. The maximum atomic E-state index is 14.5. The summed E-state index contributed by atoms with van der Waals surface area (Å²) in [5.41, 5.74) is 0.610. The second-order valence-corrected chi connectivity index (χ2v) is 7.56. The fourth-order valence-electron chi connectivity index (χ4n) is 3.60. The number of benzene rings is 3. The van der Waals surface area contributed by atoms with Crippen LogP contribution in [-0.4, -0.2) is 36.0 Å². The van der Waals surface area contributed by atoms with Gasteiger partial charge in [0.25, 0.3) is 5.91 Å². The van der Waals surface area contributed by atoms with Crippen molar-refractivity contribution < 1.29 is 18.7 Å². The topological polar surface area (TPSA) is 70.7 Å². The van der Waals surface area contributed by atoms with Crippen molar-refractivity contribution in [2.24, 2.45) is 0 Å². The Bertz CT molecular complexity index is 1070. The van der Waals surface area contributed by atoms with Crippen LogP contribution >= 0.6 is 0 Å². The predicted molar refractivity (Wildman–Crippen MR) is 120 cm³/mol. The average molecular weight is 433 g/mol. The molecule has 1 aliphatic heterocycles. The maximum absolute atomic E-state index is 14.5. The Labute approximate surface area is 186 Å². The summed E-state index contributed by atoms with van der Waals surface area (Å²) < 4.78 is 20.2. The highest BCUT2D eigenvalue weighted by Gasteiger charge is 2.25. The molecule has 0 aliphatic carbocycles. The number of likely N-dealkylation sites (tertiary alicyclic amines) is 1. The molecule has 1 heterocycles. The zero-order chi connectivity index (χ0) is 22.3. The molecule has 0 aromatic heterocycles. The normalized spacial score (nSPS) is 14.0. The van der Waals surface area contributed by atoms with Gasteiger partial charge in [-0.2, -0.15) is 0 Å². The van der Waals surface area contributed by atoms with Crippen molar-refractivity contribution in [1.82, 2.24) is 10.2 Å². The van der Waals surface area contributed by atoms with Gasteiger partial charge in [0.05, 0.1) is 0 Å². The Morgan fingerprint density at radius 2 is 1.53 bits per heavy atom. The van der Waals surface area contributed by atoms with Crippen LogP contribution < -0.4 is 15.4 Å². The molecule has 0 atom stereocenters. The van der Waals surface area contributed by atoms with E-state index in [1.165, 1.54) is 12.1 Å². The van der Waals surface area contributed by atoms with E-state index in [1.807, 2.05) is 36.4 Å². The summed E-state index contributed by atoms with van der Waals surface area (Å²) in [7, 11) is 0. The third-order valence-electron chi connectivity index (χ3n) is 5.33. The first-order chi connectivity index (χ1) is 15.6. The summed E-state index contributed by atoms with van der Waals surface area (Å²) >= 11 is 0. The maximum Gasteiger partial charge on any atom is 0.322 e. The summed E-state index contributed by atoms with van der Waals surface area (Å²) in [4.78, 5) is 26.7. The number of halogens is 1. The SMILES string of the molecule is O=C(NC1CCN(C(=O)Nc2c(F)cccc2Oc2ccccc2)CC1)c1ccccc1. The number of carbonyl (C=O) groups excluding carboxylic acids is 2. The van der Waals surface area contributed by atoms with Gasteiger partial charge in [-0.1, -0.05) is 42.5 Å². The van der Waals surface area contributed by atoms with Crippen molar-refractivity contribution in [3.05, 3.63) is 90.2 Å². The molecule has 2 N–H and O–H groups in total. The largest absolute Gasteiger partial charge is 0.455 e. The number of nitrogens with one attached hydrogen (secondary N) is 2. The quantitative estimate of drug-likeness (QED) is 0.592. The molecule has 0 unspecified atom stereocenters. The standard InChI is InChI=1S/C25H24FN3O3/c26-21-12-7-13-22(32-20-10-5-2-6-11-20)23(21)28-25(31)29-16-14-19(15-17-29)27-24(30)18-8-3-1-4-9-18/h1-13,19H,14-17H2,(H,27,30)(H,28,31). The molecule has 4 rings (SSSR count). The van der Waals surface area contributed by atoms with E-state index < -0.39 is 11.8 Å². The summed E-state index contributed by atoms with van der Waals surface area (Å²) in [6.45, 7) is 0.907. The van der Waals surface area contributed by atoms with Crippen LogP contribution in [0.4, 0.5) is 14.9 Å². The second-order valence-electron chi connectivity index (χ2n) is 7.56. The molecule has 0 spiro atoms. The van der Waals surface area contributed by atoms with Crippen LogP contribution in [0.25, 0.3) is 0 Å². The number of anilines is 1. The van der Waals surface area contributed by atoms with Crippen LogP contribution in [0.5, 0.6) is 11.5 Å². The minimum absolute atomic E-state index is 0.000793. The number of rotatable bonds is 5. The number of carbonyl (C=O) groups is 2. The molecule has 7 heteroatoms. The molecule has 6 nitrogen and oxygen atoms in total. The van der Waals surface area contributed by atoms with Crippen molar-refractivity contribution >= 4 is 17.6 Å². The Hall–Kier alpha value is -3.87. The highest BCUT2D eigenvalue weighted by atomic mass is 19.1. The van der Waals surface area contributed by atoms with Gasteiger partial charge in [-0.25, -0.2) is 9.18 Å². The molecule has 3 amide bonds. The van der Waals surface area contributed by atoms with E-state index in [0.29, 0.717) is 37.2 Å². The predicted octanol–water partition coefficient (Wildman–Crippen LogP) is 5.04. The van der Waals surface area contributed by atoms with E-state index in [2.05, 4.69) is 10.6 Å². The van der Waals surface area contributed by atoms with Crippen molar-refractivity contribution in [2.75, 3.05) is 18.4 Å². The number of para-hydroxylation sites is 2. The van der Waals surface area contributed by atoms with Crippen LogP contribution in [0.2, 0.25) is 0 Å². The van der Waals surface area contributed by atoms with Crippen molar-refractivity contribution in [1.29, 1.82) is 0 Å². The Kier molecular flexibility index (Phi) is 6.65. The second kappa shape index (κ2) is 9.96. The summed E-state index contributed by atoms with van der Waals surface area (Å²) in [6, 6.07) is 22.0. The number of hydrogen-bond donors (Lipinski definition) is 2. The summed E-state index contributed by atoms with van der Waals surface area (Å²) in [6.07, 6.45) is 1.24. The third kappa shape index (κ3) is 5.24. The van der Waals surface area contributed by atoms with Gasteiger partial charge < -0.3 is 20.3 Å². The van der Waals surface area contributed by atoms with Crippen LogP contribution in [0.3, 0.4) is 0 Å². The molecule has 0 saturated carbocycles. The van der Waals surface area contributed by atoms with Crippen molar-refractivity contribution in [3.63, 3.8) is 0 Å². The number of nitrogens with zero attached hydrogens (tertiary/aromatic N) is 1. The lowest BCUT2D eigenvalue weighted by Gasteiger charge is -2.32. The van der Waals surface area contributed by atoms with E-state index in [1.54, 1.807) is 35.2 Å². The van der Waals surface area contributed by atoms with Gasteiger partial charge in [0.2, 0.25) is 0 Å². The lowest BCUT2D eigenvalue weighted by atomic mass is 10.0.